The smallest absolute Gasteiger partial charge is 0.355 e. The molecule has 2 rings (SSSR count). The van der Waals surface area contributed by atoms with E-state index in [0.717, 1.165) is 5.56 Å². The largest absolute Gasteiger partial charge is 0.476 e. The molecule has 114 valence electrons. The van der Waals surface area contributed by atoms with Gasteiger partial charge in [0.05, 0.1) is 5.70 Å². The molecule has 1 aliphatic heterocycles. The molecule has 1 aliphatic rings. The Morgan fingerprint density at radius 3 is 2.59 bits per heavy atom. The average Bonchev–Trinajstić information content (AvgIpc) is 2.49. The lowest BCUT2D eigenvalue weighted by molar-refractivity contribution is -0.134. The highest BCUT2D eigenvalue weighted by Gasteiger charge is 2.23. The molecule has 4 nitrogen and oxygen atoms in total. The van der Waals surface area contributed by atoms with E-state index in [-0.39, 0.29) is 5.70 Å². The third kappa shape index (κ3) is 3.47. The van der Waals surface area contributed by atoms with Crippen LogP contribution in [0.1, 0.15) is 18.1 Å². The molecule has 0 spiro atoms. The highest BCUT2D eigenvalue weighted by atomic mass is 16.4. The molecule has 1 heterocycles. The van der Waals surface area contributed by atoms with Crippen LogP contribution >= 0.6 is 0 Å². The fraction of sp³-hybridized carbons (Fsp3) is 0.167. The van der Waals surface area contributed by atoms with Crippen molar-refractivity contribution in [2.75, 3.05) is 0 Å². The predicted octanol–water partition coefficient (Wildman–Crippen LogP) is 3.30. The van der Waals surface area contributed by atoms with Gasteiger partial charge < -0.3 is 15.3 Å². The number of carboxylic acids is 1. The molecule has 0 amide bonds. The number of carboxylic acid groups (broad SMARTS) is 1. The maximum absolute atomic E-state index is 11.6. The second kappa shape index (κ2) is 6.80. The predicted molar refractivity (Wildman–Crippen MR) is 87.6 cm³/mol. The zero-order valence-electron chi connectivity index (χ0n) is 12.8. The van der Waals surface area contributed by atoms with Gasteiger partial charge in [0.15, 0.2) is 5.70 Å². The van der Waals surface area contributed by atoms with Crippen LogP contribution in [0.4, 0.5) is 0 Å². The number of aliphatic carboxylic acids is 1. The zero-order chi connectivity index (χ0) is 16.1. The standard InChI is InChI=1S/C18H20N2O2/c1-4-11-20-14(3)7-10-16(17(20)18(21)22)19-12-15-8-5-13(2)6-9-15/h4-11,19H,3,12H2,1-2H3,(H,21,22)/b11-4-. The lowest BCUT2D eigenvalue weighted by Crippen LogP contribution is -2.29. The Kier molecular flexibility index (Phi) is 4.84. The van der Waals surface area contributed by atoms with Gasteiger partial charge in [0.1, 0.15) is 0 Å². The number of carbonyl (C=O) groups is 1. The van der Waals surface area contributed by atoms with Gasteiger partial charge in [-0.3, -0.25) is 0 Å². The molecule has 0 radical (unpaired) electrons. The maximum Gasteiger partial charge on any atom is 0.355 e. The molecule has 0 aromatic heterocycles. The first kappa shape index (κ1) is 15.6. The Hall–Kier alpha value is -2.75. The first-order valence-electron chi connectivity index (χ1n) is 7.09. The Morgan fingerprint density at radius 1 is 1.32 bits per heavy atom. The Bertz CT molecular complexity index is 667. The van der Waals surface area contributed by atoms with Crippen LogP contribution in [0.15, 0.2) is 72.4 Å². The van der Waals surface area contributed by atoms with Crippen molar-refractivity contribution in [3.63, 3.8) is 0 Å². The van der Waals surface area contributed by atoms with Crippen molar-refractivity contribution in [3.8, 4) is 0 Å². The number of nitrogens with one attached hydrogen (secondary N) is 1. The van der Waals surface area contributed by atoms with E-state index in [1.807, 2.05) is 38.1 Å². The Labute approximate surface area is 130 Å². The summed E-state index contributed by atoms with van der Waals surface area (Å²) in [4.78, 5) is 13.2. The molecule has 0 saturated carbocycles. The highest BCUT2D eigenvalue weighted by Crippen LogP contribution is 2.23. The summed E-state index contributed by atoms with van der Waals surface area (Å²) >= 11 is 0. The van der Waals surface area contributed by atoms with Gasteiger partial charge in [-0.25, -0.2) is 4.79 Å². The molecule has 0 bridgehead atoms. The molecule has 0 fully saturated rings. The summed E-state index contributed by atoms with van der Waals surface area (Å²) in [7, 11) is 0. The molecule has 0 aliphatic carbocycles. The average molecular weight is 296 g/mol. The number of nitrogens with zero attached hydrogens (tertiary/aromatic N) is 1. The van der Waals surface area contributed by atoms with Crippen LogP contribution < -0.4 is 5.32 Å². The van der Waals surface area contributed by atoms with Gasteiger partial charge in [-0.05, 0) is 31.6 Å². The van der Waals surface area contributed by atoms with Gasteiger partial charge in [0.2, 0.25) is 0 Å². The van der Waals surface area contributed by atoms with Crippen molar-refractivity contribution in [3.05, 3.63) is 83.5 Å². The first-order chi connectivity index (χ1) is 10.5. The molecular weight excluding hydrogens is 276 g/mol. The second-order valence-corrected chi connectivity index (χ2v) is 5.08. The Morgan fingerprint density at radius 2 is 2.00 bits per heavy atom. The van der Waals surface area contributed by atoms with Crippen molar-refractivity contribution >= 4 is 5.97 Å². The monoisotopic (exact) mass is 296 g/mol. The van der Waals surface area contributed by atoms with Crippen molar-refractivity contribution in [2.24, 2.45) is 0 Å². The van der Waals surface area contributed by atoms with Gasteiger partial charge in [-0.15, -0.1) is 0 Å². The summed E-state index contributed by atoms with van der Waals surface area (Å²) in [5.41, 5.74) is 3.66. The number of allylic oxidation sites excluding steroid dienone is 3. The second-order valence-electron chi connectivity index (χ2n) is 5.08. The SMILES string of the molecule is C=C1C=CC(NCc2ccc(C)cc2)=C(C(=O)O)N1/C=C\C. The maximum atomic E-state index is 11.6. The molecule has 4 heteroatoms. The highest BCUT2D eigenvalue weighted by molar-refractivity contribution is 5.88. The van der Waals surface area contributed by atoms with Crippen molar-refractivity contribution < 1.29 is 9.90 Å². The first-order valence-corrected chi connectivity index (χ1v) is 7.09. The van der Waals surface area contributed by atoms with E-state index in [1.165, 1.54) is 5.56 Å². The molecule has 22 heavy (non-hydrogen) atoms. The number of benzene rings is 1. The molecule has 1 aromatic rings. The van der Waals surface area contributed by atoms with Crippen molar-refractivity contribution in [2.45, 2.75) is 20.4 Å². The lowest BCUT2D eigenvalue weighted by atomic mass is 10.1. The van der Waals surface area contributed by atoms with Crippen LogP contribution in [-0.2, 0) is 11.3 Å². The van der Waals surface area contributed by atoms with E-state index in [1.54, 1.807) is 29.3 Å². The van der Waals surface area contributed by atoms with Crippen LogP contribution in [0.3, 0.4) is 0 Å². The van der Waals surface area contributed by atoms with Gasteiger partial charge in [0, 0.05) is 18.4 Å². The van der Waals surface area contributed by atoms with E-state index in [9.17, 15) is 9.90 Å². The van der Waals surface area contributed by atoms with Gasteiger partial charge >= 0.3 is 5.97 Å². The number of aryl methyl sites for hydroxylation is 1. The van der Waals surface area contributed by atoms with E-state index >= 15 is 0 Å². The van der Waals surface area contributed by atoms with Crippen LogP contribution in [0.5, 0.6) is 0 Å². The number of hydrogen-bond acceptors (Lipinski definition) is 3. The summed E-state index contributed by atoms with van der Waals surface area (Å²) in [6.45, 7) is 8.31. The van der Waals surface area contributed by atoms with E-state index in [4.69, 9.17) is 0 Å². The summed E-state index contributed by atoms with van der Waals surface area (Å²) < 4.78 is 0. The van der Waals surface area contributed by atoms with E-state index in [2.05, 4.69) is 11.9 Å². The molecule has 0 saturated heterocycles. The summed E-state index contributed by atoms with van der Waals surface area (Å²) in [6, 6.07) is 8.12. The topological polar surface area (TPSA) is 52.6 Å². The third-order valence-corrected chi connectivity index (χ3v) is 3.35. The van der Waals surface area contributed by atoms with Crippen molar-refractivity contribution in [1.82, 2.24) is 10.2 Å². The van der Waals surface area contributed by atoms with Crippen LogP contribution in [0, 0.1) is 6.92 Å². The fourth-order valence-electron chi connectivity index (χ4n) is 2.20. The van der Waals surface area contributed by atoms with E-state index < -0.39 is 5.97 Å². The molecule has 1 aromatic carbocycles. The minimum absolute atomic E-state index is 0.178. The number of hydrogen-bond donors (Lipinski definition) is 2. The van der Waals surface area contributed by atoms with Crippen LogP contribution in [0.25, 0.3) is 0 Å². The lowest BCUT2D eigenvalue weighted by Gasteiger charge is -2.27. The fourth-order valence-corrected chi connectivity index (χ4v) is 2.20. The zero-order valence-corrected chi connectivity index (χ0v) is 12.8. The summed E-state index contributed by atoms with van der Waals surface area (Å²) in [6.07, 6.45) is 7.03. The molecule has 0 atom stereocenters. The summed E-state index contributed by atoms with van der Waals surface area (Å²) in [5.74, 6) is -0.991. The van der Waals surface area contributed by atoms with E-state index in [0.29, 0.717) is 17.9 Å². The van der Waals surface area contributed by atoms with Crippen LogP contribution in [0.2, 0.25) is 0 Å². The molecule has 0 unspecified atom stereocenters. The quantitative estimate of drug-likeness (QED) is 0.875. The summed E-state index contributed by atoms with van der Waals surface area (Å²) in [5, 5.41) is 12.7. The number of rotatable bonds is 5. The molecular formula is C18H20N2O2. The van der Waals surface area contributed by atoms with Gasteiger partial charge in [-0.2, -0.15) is 0 Å². The van der Waals surface area contributed by atoms with Gasteiger partial charge in [0.25, 0.3) is 0 Å². The molecule has 2 N–H and O–H groups in total. The normalized spacial score (nSPS) is 14.8. The minimum atomic E-state index is -0.991. The van der Waals surface area contributed by atoms with Crippen molar-refractivity contribution in [1.29, 1.82) is 0 Å². The van der Waals surface area contributed by atoms with Gasteiger partial charge in [-0.1, -0.05) is 42.5 Å². The minimum Gasteiger partial charge on any atom is -0.476 e. The van der Waals surface area contributed by atoms with Crippen LogP contribution in [-0.4, -0.2) is 16.0 Å². The third-order valence-electron chi connectivity index (χ3n) is 3.35. The Balaban J connectivity index is 2.25.